The Labute approximate surface area is 127 Å². The molecule has 0 aliphatic carbocycles. The first-order valence-corrected chi connectivity index (χ1v) is 6.82. The molecule has 2 aromatic rings. The molecular formula is C15H14Cl2FNO. The summed E-state index contributed by atoms with van der Waals surface area (Å²) in [6.07, 6.45) is 0. The highest BCUT2D eigenvalue weighted by Crippen LogP contribution is 2.32. The molecular weight excluding hydrogens is 300 g/mol. The van der Waals surface area contributed by atoms with E-state index in [1.165, 1.54) is 12.1 Å². The van der Waals surface area contributed by atoms with Crippen molar-refractivity contribution in [1.29, 1.82) is 0 Å². The zero-order valence-corrected chi connectivity index (χ0v) is 12.6. The molecule has 2 rings (SSSR count). The zero-order chi connectivity index (χ0) is 14.7. The Morgan fingerprint density at radius 3 is 2.55 bits per heavy atom. The van der Waals surface area contributed by atoms with Crippen molar-refractivity contribution >= 4 is 28.9 Å². The van der Waals surface area contributed by atoms with Crippen molar-refractivity contribution in [2.24, 2.45) is 0 Å². The van der Waals surface area contributed by atoms with Crippen LogP contribution in [0.2, 0.25) is 10.0 Å². The lowest BCUT2D eigenvalue weighted by Crippen LogP contribution is -2.08. The van der Waals surface area contributed by atoms with Gasteiger partial charge in [-0.15, -0.1) is 0 Å². The number of methoxy groups -OCH3 is 1. The number of nitrogens with one attached hydrogen (secondary N) is 1. The van der Waals surface area contributed by atoms with Gasteiger partial charge in [-0.25, -0.2) is 4.39 Å². The van der Waals surface area contributed by atoms with E-state index in [0.717, 1.165) is 5.69 Å². The molecule has 1 unspecified atom stereocenters. The Morgan fingerprint density at radius 1 is 1.15 bits per heavy atom. The fourth-order valence-corrected chi connectivity index (χ4v) is 2.49. The number of rotatable bonds is 4. The van der Waals surface area contributed by atoms with Crippen LogP contribution in [0, 0.1) is 5.82 Å². The SMILES string of the molecule is COc1ccccc1NC(C)c1cc(F)c(Cl)cc1Cl. The summed E-state index contributed by atoms with van der Waals surface area (Å²) in [7, 11) is 1.60. The summed E-state index contributed by atoms with van der Waals surface area (Å²) in [4.78, 5) is 0. The van der Waals surface area contributed by atoms with Crippen LogP contribution in [-0.4, -0.2) is 7.11 Å². The third-order valence-corrected chi connectivity index (χ3v) is 3.60. The van der Waals surface area contributed by atoms with Crippen LogP contribution in [0.25, 0.3) is 0 Å². The first kappa shape index (κ1) is 14.9. The summed E-state index contributed by atoms with van der Waals surface area (Å²) in [5, 5.41) is 3.69. The van der Waals surface area contributed by atoms with Crippen LogP contribution in [0.1, 0.15) is 18.5 Å². The van der Waals surface area contributed by atoms with E-state index < -0.39 is 5.82 Å². The topological polar surface area (TPSA) is 21.3 Å². The van der Waals surface area contributed by atoms with Crippen LogP contribution >= 0.6 is 23.2 Å². The predicted octanol–water partition coefficient (Wildman–Crippen LogP) is 5.31. The van der Waals surface area contributed by atoms with Gasteiger partial charge >= 0.3 is 0 Å². The average Bonchev–Trinajstić information content (AvgIpc) is 2.43. The largest absolute Gasteiger partial charge is 0.495 e. The molecule has 106 valence electrons. The molecule has 0 heterocycles. The van der Waals surface area contributed by atoms with E-state index in [1.54, 1.807) is 7.11 Å². The number of ether oxygens (including phenoxy) is 1. The maximum Gasteiger partial charge on any atom is 0.142 e. The van der Waals surface area contributed by atoms with Gasteiger partial charge in [0, 0.05) is 5.02 Å². The number of benzene rings is 2. The monoisotopic (exact) mass is 313 g/mol. The molecule has 2 aromatic carbocycles. The molecule has 20 heavy (non-hydrogen) atoms. The first-order chi connectivity index (χ1) is 9.52. The molecule has 0 saturated carbocycles. The molecule has 0 saturated heterocycles. The van der Waals surface area contributed by atoms with Crippen molar-refractivity contribution < 1.29 is 9.13 Å². The van der Waals surface area contributed by atoms with Crippen molar-refractivity contribution in [2.45, 2.75) is 13.0 Å². The Balaban J connectivity index is 2.28. The number of para-hydroxylation sites is 2. The van der Waals surface area contributed by atoms with Crippen LogP contribution in [0.3, 0.4) is 0 Å². The van der Waals surface area contributed by atoms with Gasteiger partial charge in [0.15, 0.2) is 0 Å². The van der Waals surface area contributed by atoms with Crippen LogP contribution < -0.4 is 10.1 Å². The van der Waals surface area contributed by atoms with Gasteiger partial charge in [-0.05, 0) is 36.8 Å². The highest BCUT2D eigenvalue weighted by atomic mass is 35.5. The number of hydrogen-bond donors (Lipinski definition) is 1. The zero-order valence-electron chi connectivity index (χ0n) is 11.1. The van der Waals surface area contributed by atoms with E-state index in [0.29, 0.717) is 16.3 Å². The van der Waals surface area contributed by atoms with Crippen LogP contribution in [-0.2, 0) is 0 Å². The van der Waals surface area contributed by atoms with Crippen molar-refractivity contribution in [3.05, 3.63) is 57.8 Å². The summed E-state index contributed by atoms with van der Waals surface area (Å²) in [6, 6.07) is 10.1. The van der Waals surface area contributed by atoms with Gasteiger partial charge in [0.2, 0.25) is 0 Å². The molecule has 2 nitrogen and oxygen atoms in total. The van der Waals surface area contributed by atoms with Crippen molar-refractivity contribution in [1.82, 2.24) is 0 Å². The van der Waals surface area contributed by atoms with Gasteiger partial charge in [0.05, 0.1) is 23.9 Å². The van der Waals surface area contributed by atoms with Gasteiger partial charge in [-0.3, -0.25) is 0 Å². The molecule has 1 atom stereocenters. The molecule has 0 radical (unpaired) electrons. The summed E-state index contributed by atoms with van der Waals surface area (Å²) >= 11 is 11.8. The lowest BCUT2D eigenvalue weighted by atomic mass is 10.1. The van der Waals surface area contributed by atoms with E-state index >= 15 is 0 Å². The molecule has 0 spiro atoms. The molecule has 5 heteroatoms. The van der Waals surface area contributed by atoms with Crippen molar-refractivity contribution in [3.63, 3.8) is 0 Å². The molecule has 1 N–H and O–H groups in total. The van der Waals surface area contributed by atoms with Gasteiger partial charge < -0.3 is 10.1 Å². The smallest absolute Gasteiger partial charge is 0.142 e. The third-order valence-electron chi connectivity index (χ3n) is 2.99. The van der Waals surface area contributed by atoms with Gasteiger partial charge in [-0.1, -0.05) is 35.3 Å². The number of hydrogen-bond acceptors (Lipinski definition) is 2. The standard InChI is InChI=1S/C15H14Cl2FNO/c1-9(10-7-13(18)12(17)8-11(10)16)19-14-5-3-4-6-15(14)20-2/h3-9,19H,1-2H3. The summed E-state index contributed by atoms with van der Waals surface area (Å²) in [5.74, 6) is 0.227. The average molecular weight is 314 g/mol. The van der Waals surface area contributed by atoms with Crippen molar-refractivity contribution in [2.75, 3.05) is 12.4 Å². The van der Waals surface area contributed by atoms with Gasteiger partial charge in [0.25, 0.3) is 0 Å². The highest BCUT2D eigenvalue weighted by Gasteiger charge is 2.14. The normalized spacial score (nSPS) is 12.1. The van der Waals surface area contributed by atoms with E-state index in [1.807, 2.05) is 31.2 Å². The molecule has 0 aliphatic rings. The summed E-state index contributed by atoms with van der Waals surface area (Å²) in [5.41, 5.74) is 1.45. The Bertz CT molecular complexity index is 619. The Morgan fingerprint density at radius 2 is 1.85 bits per heavy atom. The molecule has 0 amide bonds. The fraction of sp³-hybridized carbons (Fsp3) is 0.200. The van der Waals surface area contributed by atoms with Gasteiger partial charge in [0.1, 0.15) is 11.6 Å². The van der Waals surface area contributed by atoms with Gasteiger partial charge in [-0.2, -0.15) is 0 Å². The lowest BCUT2D eigenvalue weighted by molar-refractivity contribution is 0.416. The molecule has 0 bridgehead atoms. The lowest BCUT2D eigenvalue weighted by Gasteiger charge is -2.19. The van der Waals surface area contributed by atoms with E-state index in [-0.39, 0.29) is 11.1 Å². The highest BCUT2D eigenvalue weighted by molar-refractivity contribution is 6.35. The molecule has 0 aromatic heterocycles. The minimum Gasteiger partial charge on any atom is -0.495 e. The second-order valence-electron chi connectivity index (χ2n) is 4.35. The summed E-state index contributed by atoms with van der Waals surface area (Å²) < 4.78 is 18.8. The molecule has 0 fully saturated rings. The number of anilines is 1. The minimum atomic E-state index is -0.486. The fourth-order valence-electron chi connectivity index (χ4n) is 1.94. The predicted molar refractivity (Wildman–Crippen MR) is 81.5 cm³/mol. The quantitative estimate of drug-likeness (QED) is 0.772. The Kier molecular flexibility index (Phi) is 4.73. The first-order valence-electron chi connectivity index (χ1n) is 6.07. The maximum atomic E-state index is 13.6. The third kappa shape index (κ3) is 3.17. The maximum absolute atomic E-state index is 13.6. The minimum absolute atomic E-state index is 0.0169. The molecule has 0 aliphatic heterocycles. The second kappa shape index (κ2) is 6.33. The summed E-state index contributed by atoms with van der Waals surface area (Å²) in [6.45, 7) is 1.89. The number of halogens is 3. The second-order valence-corrected chi connectivity index (χ2v) is 5.17. The van der Waals surface area contributed by atoms with E-state index in [2.05, 4.69) is 5.32 Å². The van der Waals surface area contributed by atoms with Crippen LogP contribution in [0.5, 0.6) is 5.75 Å². The Hall–Kier alpha value is -1.45. The van der Waals surface area contributed by atoms with E-state index in [4.69, 9.17) is 27.9 Å². The van der Waals surface area contributed by atoms with Crippen LogP contribution in [0.15, 0.2) is 36.4 Å². The van der Waals surface area contributed by atoms with E-state index in [9.17, 15) is 4.39 Å². The van der Waals surface area contributed by atoms with Crippen LogP contribution in [0.4, 0.5) is 10.1 Å². The van der Waals surface area contributed by atoms with Crippen molar-refractivity contribution in [3.8, 4) is 5.75 Å².